The predicted molar refractivity (Wildman–Crippen MR) is 224 cm³/mol. The fourth-order valence-corrected chi connectivity index (χ4v) is 5.25. The van der Waals surface area contributed by atoms with E-state index in [1.54, 1.807) is 0 Å². The van der Waals surface area contributed by atoms with Crippen LogP contribution in [0.1, 0.15) is 175 Å². The summed E-state index contributed by atoms with van der Waals surface area (Å²) in [6.45, 7) is 6.30. The molecule has 0 amide bonds. The minimum Gasteiger partial charge on any atom is -0.462 e. The molecule has 0 N–H and O–H groups in total. The van der Waals surface area contributed by atoms with Crippen LogP contribution < -0.4 is 0 Å². The van der Waals surface area contributed by atoms with E-state index in [-0.39, 0.29) is 37.5 Å². The van der Waals surface area contributed by atoms with Crippen LogP contribution in [0, 0.1) is 0 Å². The van der Waals surface area contributed by atoms with Crippen LogP contribution in [0.4, 0.5) is 0 Å². The number of carbonyl (C=O) groups is 3. The number of rotatable bonds is 36. The van der Waals surface area contributed by atoms with Gasteiger partial charge in [0.05, 0.1) is 0 Å². The van der Waals surface area contributed by atoms with Crippen molar-refractivity contribution in [3.8, 4) is 0 Å². The van der Waals surface area contributed by atoms with Crippen molar-refractivity contribution >= 4 is 17.9 Å². The minimum absolute atomic E-state index is 0.110. The summed E-state index contributed by atoms with van der Waals surface area (Å²) in [7, 11) is 0. The molecule has 1 unspecified atom stereocenters. The number of hydrogen-bond donors (Lipinski definition) is 0. The Balaban J connectivity index is 4.49. The maximum atomic E-state index is 12.6. The topological polar surface area (TPSA) is 78.9 Å². The van der Waals surface area contributed by atoms with E-state index in [2.05, 4.69) is 81.5 Å². The van der Waals surface area contributed by atoms with E-state index < -0.39 is 6.10 Å². The summed E-state index contributed by atoms with van der Waals surface area (Å²) in [5, 5.41) is 0. The molecule has 0 rings (SSSR count). The van der Waals surface area contributed by atoms with Crippen LogP contribution in [-0.2, 0) is 28.6 Å². The van der Waals surface area contributed by atoms with Crippen molar-refractivity contribution in [3.05, 3.63) is 85.1 Å². The Labute approximate surface area is 325 Å². The van der Waals surface area contributed by atoms with Crippen LogP contribution in [-0.4, -0.2) is 37.2 Å². The lowest BCUT2D eigenvalue weighted by molar-refractivity contribution is -0.167. The highest BCUT2D eigenvalue weighted by molar-refractivity contribution is 5.71. The summed E-state index contributed by atoms with van der Waals surface area (Å²) in [5.74, 6) is -1.01. The zero-order valence-electron chi connectivity index (χ0n) is 34.0. The third-order valence-electron chi connectivity index (χ3n) is 8.48. The Kier molecular flexibility index (Phi) is 38.7. The highest BCUT2D eigenvalue weighted by Crippen LogP contribution is 2.11. The van der Waals surface area contributed by atoms with Crippen LogP contribution >= 0.6 is 0 Å². The predicted octanol–water partition coefficient (Wildman–Crippen LogP) is 13.3. The first-order chi connectivity index (χ1) is 26.0. The fourth-order valence-electron chi connectivity index (χ4n) is 5.25. The molecule has 6 nitrogen and oxygen atoms in total. The number of ether oxygens (including phenoxy) is 3. The van der Waals surface area contributed by atoms with Gasteiger partial charge in [-0.05, 0) is 77.0 Å². The van der Waals surface area contributed by atoms with Crippen LogP contribution in [0.25, 0.3) is 0 Å². The van der Waals surface area contributed by atoms with Crippen molar-refractivity contribution in [2.75, 3.05) is 13.2 Å². The molecule has 0 aromatic carbocycles. The van der Waals surface area contributed by atoms with Crippen molar-refractivity contribution in [1.29, 1.82) is 0 Å². The summed E-state index contributed by atoms with van der Waals surface area (Å²) in [6, 6.07) is 0. The van der Waals surface area contributed by atoms with Gasteiger partial charge in [0, 0.05) is 19.3 Å². The molecule has 0 aromatic heterocycles. The monoisotopic (exact) mass is 737 g/mol. The molecule has 0 radical (unpaired) electrons. The molecule has 0 saturated heterocycles. The summed E-state index contributed by atoms with van der Waals surface area (Å²) in [4.78, 5) is 37.5. The molecule has 0 spiro atoms. The Morgan fingerprint density at radius 2 is 0.792 bits per heavy atom. The van der Waals surface area contributed by atoms with E-state index in [1.165, 1.54) is 38.5 Å². The van der Waals surface area contributed by atoms with Crippen molar-refractivity contribution in [2.45, 2.75) is 181 Å². The molecule has 0 aliphatic rings. The number of allylic oxidation sites excluding steroid dienone is 14. The molecule has 300 valence electrons. The van der Waals surface area contributed by atoms with E-state index in [1.807, 2.05) is 24.3 Å². The third kappa shape index (κ3) is 39.6. The first-order valence-corrected chi connectivity index (χ1v) is 21.2. The highest BCUT2D eigenvalue weighted by atomic mass is 16.6. The lowest BCUT2D eigenvalue weighted by Gasteiger charge is -2.18. The van der Waals surface area contributed by atoms with Gasteiger partial charge in [-0.3, -0.25) is 14.4 Å². The molecule has 0 aliphatic heterocycles. The Morgan fingerprint density at radius 3 is 1.38 bits per heavy atom. The van der Waals surface area contributed by atoms with Gasteiger partial charge in [-0.25, -0.2) is 0 Å². The van der Waals surface area contributed by atoms with E-state index in [0.29, 0.717) is 19.3 Å². The van der Waals surface area contributed by atoms with Gasteiger partial charge in [0.15, 0.2) is 6.10 Å². The SMILES string of the molecule is CC\C=C/C=C\C=C/C=C\CCCCCCCC(=O)OCC(COC(=O)CCC/C=C\CCCCCC)OC(=O)CCCCC/C=C\C=C/CCCC. The average molecular weight is 737 g/mol. The molecule has 0 fully saturated rings. The highest BCUT2D eigenvalue weighted by Gasteiger charge is 2.19. The van der Waals surface area contributed by atoms with Crippen LogP contribution in [0.2, 0.25) is 0 Å². The molecule has 0 bridgehead atoms. The second-order valence-corrected chi connectivity index (χ2v) is 13.6. The Bertz CT molecular complexity index is 1080. The number of esters is 3. The fraction of sp³-hybridized carbons (Fsp3) is 0.638. The first-order valence-electron chi connectivity index (χ1n) is 21.2. The smallest absolute Gasteiger partial charge is 0.306 e. The Morgan fingerprint density at radius 1 is 0.396 bits per heavy atom. The van der Waals surface area contributed by atoms with E-state index in [0.717, 1.165) is 89.9 Å². The third-order valence-corrected chi connectivity index (χ3v) is 8.48. The van der Waals surface area contributed by atoms with Crippen molar-refractivity contribution in [2.24, 2.45) is 0 Å². The standard InChI is InChI=1S/C47H76O6/c1-4-7-10-13-16-19-21-22-23-24-26-28-31-34-37-40-46(49)52-43-44(42-51-45(48)39-36-33-30-27-18-15-12-9-6-3)53-47(50)41-38-35-32-29-25-20-17-14-11-8-5-2/h7,10,13-14,16-17,19-23,25,27,30,44H,4-6,8-9,11-12,15,18,24,26,28-29,31-43H2,1-3H3/b10-7-,16-13-,17-14-,21-19-,23-22-,25-20-,30-27-. The van der Waals surface area contributed by atoms with Crippen LogP contribution in [0.3, 0.4) is 0 Å². The number of hydrogen-bond acceptors (Lipinski definition) is 6. The van der Waals surface area contributed by atoms with E-state index >= 15 is 0 Å². The molecule has 1 atom stereocenters. The van der Waals surface area contributed by atoms with Crippen molar-refractivity contribution < 1.29 is 28.6 Å². The number of carbonyl (C=O) groups excluding carboxylic acids is 3. The van der Waals surface area contributed by atoms with Gasteiger partial charge in [0.1, 0.15) is 13.2 Å². The van der Waals surface area contributed by atoms with Crippen LogP contribution in [0.15, 0.2) is 85.1 Å². The van der Waals surface area contributed by atoms with Gasteiger partial charge in [-0.2, -0.15) is 0 Å². The van der Waals surface area contributed by atoms with E-state index in [9.17, 15) is 14.4 Å². The second kappa shape index (κ2) is 41.3. The van der Waals surface area contributed by atoms with Gasteiger partial charge < -0.3 is 14.2 Å². The van der Waals surface area contributed by atoms with Gasteiger partial charge in [-0.1, -0.05) is 164 Å². The summed E-state index contributed by atoms with van der Waals surface area (Å²) < 4.78 is 16.6. The number of unbranched alkanes of at least 4 members (excludes halogenated alkanes) is 15. The Hall–Kier alpha value is -3.41. The largest absolute Gasteiger partial charge is 0.462 e. The quantitative estimate of drug-likeness (QED) is 0.0209. The van der Waals surface area contributed by atoms with Gasteiger partial charge >= 0.3 is 17.9 Å². The first kappa shape index (κ1) is 49.6. The van der Waals surface area contributed by atoms with Gasteiger partial charge in [0.2, 0.25) is 0 Å². The lowest BCUT2D eigenvalue weighted by atomic mass is 10.1. The maximum Gasteiger partial charge on any atom is 0.306 e. The summed E-state index contributed by atoms with van der Waals surface area (Å²) >= 11 is 0. The molecular weight excluding hydrogens is 661 g/mol. The van der Waals surface area contributed by atoms with Gasteiger partial charge in [0.25, 0.3) is 0 Å². The molecule has 6 heteroatoms. The van der Waals surface area contributed by atoms with E-state index in [4.69, 9.17) is 14.2 Å². The molecule has 53 heavy (non-hydrogen) atoms. The zero-order valence-corrected chi connectivity index (χ0v) is 34.0. The normalized spacial score (nSPS) is 12.9. The van der Waals surface area contributed by atoms with Gasteiger partial charge in [-0.15, -0.1) is 0 Å². The lowest BCUT2D eigenvalue weighted by Crippen LogP contribution is -2.30. The molecule has 0 saturated carbocycles. The van der Waals surface area contributed by atoms with Crippen molar-refractivity contribution in [3.63, 3.8) is 0 Å². The molecule has 0 heterocycles. The van der Waals surface area contributed by atoms with Crippen LogP contribution in [0.5, 0.6) is 0 Å². The molecule has 0 aliphatic carbocycles. The summed E-state index contributed by atoms with van der Waals surface area (Å²) in [5.41, 5.74) is 0. The zero-order chi connectivity index (χ0) is 38.7. The van der Waals surface area contributed by atoms with Crippen molar-refractivity contribution in [1.82, 2.24) is 0 Å². The summed E-state index contributed by atoms with van der Waals surface area (Å²) in [6.07, 6.45) is 51.4. The maximum absolute atomic E-state index is 12.6. The second-order valence-electron chi connectivity index (χ2n) is 13.6. The molecule has 0 aromatic rings. The average Bonchev–Trinajstić information content (AvgIpc) is 3.15. The minimum atomic E-state index is -0.808. The molecular formula is C47H76O6.